The van der Waals surface area contributed by atoms with Gasteiger partial charge in [0.25, 0.3) is 5.91 Å². The third kappa shape index (κ3) is 4.18. The molecule has 1 fully saturated rings. The van der Waals surface area contributed by atoms with Crippen molar-refractivity contribution in [1.82, 2.24) is 15.2 Å². The molecule has 2 amide bonds. The van der Waals surface area contributed by atoms with E-state index in [1.54, 1.807) is 11.1 Å². The van der Waals surface area contributed by atoms with Crippen LogP contribution in [0, 0.1) is 5.92 Å². The molecular weight excluding hydrogens is 268 g/mol. The molecule has 1 aromatic heterocycles. The number of rotatable bonds is 5. The third-order valence-electron chi connectivity index (χ3n) is 3.48. The largest absolute Gasteiger partial charge is 0.368 e. The molecule has 2 rings (SSSR count). The zero-order valence-corrected chi connectivity index (χ0v) is 12.6. The molecule has 0 radical (unpaired) electrons. The lowest BCUT2D eigenvalue weighted by Crippen LogP contribution is -2.45. The van der Waals surface area contributed by atoms with Gasteiger partial charge in [-0.15, -0.1) is 0 Å². The van der Waals surface area contributed by atoms with Crippen LogP contribution in [0.1, 0.15) is 24.3 Å². The van der Waals surface area contributed by atoms with Crippen LogP contribution in [0.3, 0.4) is 0 Å². The zero-order chi connectivity index (χ0) is 15.2. The third-order valence-corrected chi connectivity index (χ3v) is 3.48. The van der Waals surface area contributed by atoms with Gasteiger partial charge in [0.15, 0.2) is 0 Å². The summed E-state index contributed by atoms with van der Waals surface area (Å²) in [6, 6.07) is 3.71. The lowest BCUT2D eigenvalue weighted by atomic mass is 10.2. The number of aromatic nitrogens is 1. The molecule has 6 nitrogen and oxygen atoms in total. The second-order valence-electron chi connectivity index (χ2n) is 5.63. The first-order chi connectivity index (χ1) is 10.1. The Hall–Kier alpha value is -2.11. The molecular formula is C15H22N4O2. The summed E-state index contributed by atoms with van der Waals surface area (Å²) in [7, 11) is 0. The summed E-state index contributed by atoms with van der Waals surface area (Å²) in [6.07, 6.45) is 2.54. The Morgan fingerprint density at radius 3 is 2.71 bits per heavy atom. The van der Waals surface area contributed by atoms with E-state index in [1.165, 1.54) is 0 Å². The number of hydrogen-bond acceptors (Lipinski definition) is 4. The average Bonchev–Trinajstić information content (AvgIpc) is 2.52. The fraction of sp³-hybridized carbons (Fsp3) is 0.533. The van der Waals surface area contributed by atoms with Crippen LogP contribution in [0.2, 0.25) is 0 Å². The molecule has 1 aliphatic rings. The monoisotopic (exact) mass is 290 g/mol. The van der Waals surface area contributed by atoms with Crippen molar-refractivity contribution < 1.29 is 9.59 Å². The number of anilines is 1. The predicted molar refractivity (Wildman–Crippen MR) is 81.3 cm³/mol. The highest BCUT2D eigenvalue weighted by Gasteiger charge is 2.17. The quantitative estimate of drug-likeness (QED) is 0.813. The zero-order valence-electron chi connectivity index (χ0n) is 12.6. The van der Waals surface area contributed by atoms with E-state index >= 15 is 0 Å². The molecule has 114 valence electrons. The van der Waals surface area contributed by atoms with Gasteiger partial charge in [-0.05, 0) is 18.1 Å². The van der Waals surface area contributed by atoms with Crippen LogP contribution in [-0.2, 0) is 4.79 Å². The fourth-order valence-electron chi connectivity index (χ4n) is 2.21. The van der Waals surface area contributed by atoms with Gasteiger partial charge in [-0.2, -0.15) is 0 Å². The summed E-state index contributed by atoms with van der Waals surface area (Å²) in [5.74, 6) is 0.269. The molecule has 0 aromatic carbocycles. The van der Waals surface area contributed by atoms with Crippen LogP contribution >= 0.6 is 0 Å². The van der Waals surface area contributed by atoms with Gasteiger partial charge in [0.05, 0.1) is 0 Å². The Morgan fingerprint density at radius 1 is 1.38 bits per heavy atom. The van der Waals surface area contributed by atoms with Crippen molar-refractivity contribution in [3.05, 3.63) is 24.0 Å². The summed E-state index contributed by atoms with van der Waals surface area (Å²) < 4.78 is 0. The number of piperazine rings is 1. The molecule has 1 saturated heterocycles. The summed E-state index contributed by atoms with van der Waals surface area (Å²) >= 11 is 0. The lowest BCUT2D eigenvalue weighted by Gasteiger charge is -2.34. The highest BCUT2D eigenvalue weighted by Crippen LogP contribution is 2.16. The first-order valence-corrected chi connectivity index (χ1v) is 7.28. The molecule has 2 heterocycles. The normalized spacial score (nSPS) is 15.2. The van der Waals surface area contributed by atoms with Crippen LogP contribution in [-0.4, -0.2) is 54.9 Å². The Balaban J connectivity index is 2.01. The Labute approximate surface area is 125 Å². The van der Waals surface area contributed by atoms with Crippen LogP contribution < -0.4 is 10.2 Å². The van der Waals surface area contributed by atoms with Gasteiger partial charge >= 0.3 is 0 Å². The van der Waals surface area contributed by atoms with Crippen LogP contribution in [0.5, 0.6) is 0 Å². The summed E-state index contributed by atoms with van der Waals surface area (Å²) in [5, 5.41) is 2.87. The minimum atomic E-state index is -0.142. The fourth-order valence-corrected chi connectivity index (χ4v) is 2.21. The number of nitrogens with zero attached hydrogens (tertiary/aromatic N) is 3. The summed E-state index contributed by atoms with van der Waals surface area (Å²) in [5.41, 5.74) is 1.41. The van der Waals surface area contributed by atoms with Gasteiger partial charge in [0.2, 0.25) is 6.41 Å². The van der Waals surface area contributed by atoms with E-state index in [0.29, 0.717) is 31.2 Å². The Bertz CT molecular complexity index is 496. The minimum Gasteiger partial charge on any atom is -0.368 e. The predicted octanol–water partition coefficient (Wildman–Crippen LogP) is 0.746. The van der Waals surface area contributed by atoms with E-state index in [0.717, 1.165) is 25.2 Å². The van der Waals surface area contributed by atoms with E-state index in [1.807, 2.05) is 12.1 Å². The van der Waals surface area contributed by atoms with Crippen LogP contribution in [0.4, 0.5) is 5.69 Å². The van der Waals surface area contributed by atoms with Crippen molar-refractivity contribution in [3.8, 4) is 0 Å². The maximum atomic E-state index is 12.0. The summed E-state index contributed by atoms with van der Waals surface area (Å²) in [4.78, 5) is 30.8. The molecule has 0 aliphatic carbocycles. The van der Waals surface area contributed by atoms with Crippen molar-refractivity contribution >= 4 is 18.0 Å². The molecule has 1 N–H and O–H groups in total. The molecule has 21 heavy (non-hydrogen) atoms. The molecule has 0 bridgehead atoms. The van der Waals surface area contributed by atoms with Crippen LogP contribution in [0.15, 0.2) is 18.3 Å². The smallest absolute Gasteiger partial charge is 0.269 e. The number of pyridine rings is 1. The maximum absolute atomic E-state index is 12.0. The van der Waals surface area contributed by atoms with Crippen molar-refractivity contribution in [1.29, 1.82) is 0 Å². The van der Waals surface area contributed by atoms with Gasteiger partial charge in [0, 0.05) is 44.6 Å². The van der Waals surface area contributed by atoms with Gasteiger partial charge < -0.3 is 15.1 Å². The highest BCUT2D eigenvalue weighted by atomic mass is 16.2. The highest BCUT2D eigenvalue weighted by molar-refractivity contribution is 5.93. The van der Waals surface area contributed by atoms with Crippen molar-refractivity contribution in [2.75, 3.05) is 37.6 Å². The maximum Gasteiger partial charge on any atom is 0.269 e. The topological polar surface area (TPSA) is 65.5 Å². The standard InChI is InChI=1S/C15H22N4O2/c1-12(2)10-17-15(21)14-9-13(3-4-16-14)19-7-5-18(11-20)6-8-19/h3-4,9,11-12H,5-8,10H2,1-2H3,(H,17,21). The van der Waals surface area contributed by atoms with Crippen molar-refractivity contribution in [2.24, 2.45) is 5.92 Å². The van der Waals surface area contributed by atoms with E-state index in [4.69, 9.17) is 0 Å². The SMILES string of the molecule is CC(C)CNC(=O)c1cc(N2CCN(C=O)CC2)ccn1. The second-order valence-corrected chi connectivity index (χ2v) is 5.63. The minimum absolute atomic E-state index is 0.142. The first-order valence-electron chi connectivity index (χ1n) is 7.28. The van der Waals surface area contributed by atoms with E-state index in [9.17, 15) is 9.59 Å². The summed E-state index contributed by atoms with van der Waals surface area (Å²) in [6.45, 7) is 7.71. The van der Waals surface area contributed by atoms with Crippen LogP contribution in [0.25, 0.3) is 0 Å². The van der Waals surface area contributed by atoms with E-state index < -0.39 is 0 Å². The number of carbonyl (C=O) groups is 2. The second kappa shape index (κ2) is 7.06. The molecule has 0 unspecified atom stereocenters. The van der Waals surface area contributed by atoms with Gasteiger partial charge in [-0.1, -0.05) is 13.8 Å². The lowest BCUT2D eigenvalue weighted by molar-refractivity contribution is -0.118. The number of nitrogens with one attached hydrogen (secondary N) is 1. The molecule has 6 heteroatoms. The van der Waals surface area contributed by atoms with E-state index in [2.05, 4.69) is 29.0 Å². The van der Waals surface area contributed by atoms with E-state index in [-0.39, 0.29) is 5.91 Å². The van der Waals surface area contributed by atoms with Crippen molar-refractivity contribution in [3.63, 3.8) is 0 Å². The Morgan fingerprint density at radius 2 is 2.10 bits per heavy atom. The molecule has 0 saturated carbocycles. The molecule has 1 aromatic rings. The Kier molecular flexibility index (Phi) is 5.14. The average molecular weight is 290 g/mol. The first kappa shape index (κ1) is 15.3. The van der Waals surface area contributed by atoms with Gasteiger partial charge in [-0.25, -0.2) is 0 Å². The van der Waals surface area contributed by atoms with Crippen molar-refractivity contribution in [2.45, 2.75) is 13.8 Å². The molecule has 0 atom stereocenters. The number of hydrogen-bond donors (Lipinski definition) is 1. The number of carbonyl (C=O) groups excluding carboxylic acids is 2. The molecule has 0 spiro atoms. The van der Waals surface area contributed by atoms with Gasteiger partial charge in [-0.3, -0.25) is 14.6 Å². The number of amides is 2. The molecule has 1 aliphatic heterocycles. The van der Waals surface area contributed by atoms with Gasteiger partial charge in [0.1, 0.15) is 5.69 Å².